The highest BCUT2D eigenvalue weighted by atomic mass is 32.2. The molecule has 0 bridgehead atoms. The summed E-state index contributed by atoms with van der Waals surface area (Å²) in [5.41, 5.74) is 12.6. The molecule has 2 atom stereocenters. The first-order chi connectivity index (χ1) is 20.2. The molecule has 6 rings (SSSR count). The summed E-state index contributed by atoms with van der Waals surface area (Å²) in [5, 5.41) is 20.6. The van der Waals surface area contributed by atoms with Crippen molar-refractivity contribution in [3.05, 3.63) is 35.4 Å². The van der Waals surface area contributed by atoms with Crippen LogP contribution in [0.25, 0.3) is 5.65 Å². The molecular weight excluding hydrogens is 588 g/mol. The number of hydrogen-bond acceptors (Lipinski definition) is 13. The van der Waals surface area contributed by atoms with Gasteiger partial charge in [0.25, 0.3) is 23.5 Å². The fourth-order valence-electron chi connectivity index (χ4n) is 5.18. The van der Waals surface area contributed by atoms with E-state index < -0.39 is 29.2 Å². The molecule has 2 fully saturated rings. The smallest absolute Gasteiger partial charge is 0.352 e. The molecule has 3 aliphatic rings. The number of hydrogen-bond donors (Lipinski definition) is 4. The highest BCUT2D eigenvalue weighted by Crippen LogP contribution is 2.40. The van der Waals surface area contributed by atoms with Crippen molar-refractivity contribution >= 4 is 63.4 Å². The Hall–Kier alpha value is -4.45. The summed E-state index contributed by atoms with van der Waals surface area (Å²) in [6.07, 6.45) is 5.18. The standard InChI is InChI=1S/C24H26N10O6S2/c1-39-14-6-7-15-32(9-13(25)34(15)29-14)8-11-10-41-22-17(21(36)33(22)18(11)23(37)38)27-20(35)16(19-28-24(26)42-31-19)30-40-12-4-2-3-5-12/h6-7,9,12,17,22H,2-5,8,10H2,1H3,(H5-,25,26,27,28,29,31,35,37,38)/p+1/b30-16-/t17-,22-/m1/s1. The Balaban J connectivity index is 1.22. The molecule has 0 radical (unpaired) electrons. The van der Waals surface area contributed by atoms with Gasteiger partial charge < -0.3 is 31.5 Å². The number of methoxy groups -OCH3 is 1. The van der Waals surface area contributed by atoms with Crippen LogP contribution >= 0.6 is 23.3 Å². The molecule has 16 nitrogen and oxygen atoms in total. The molecule has 220 valence electrons. The summed E-state index contributed by atoms with van der Waals surface area (Å²) in [6, 6.07) is 2.44. The van der Waals surface area contributed by atoms with Crippen molar-refractivity contribution in [2.45, 2.75) is 49.7 Å². The van der Waals surface area contributed by atoms with E-state index >= 15 is 0 Å². The minimum Gasteiger partial charge on any atom is -0.479 e. The van der Waals surface area contributed by atoms with E-state index in [2.05, 4.69) is 24.9 Å². The Morgan fingerprint density at radius 1 is 1.29 bits per heavy atom. The second-order valence-corrected chi connectivity index (χ2v) is 11.7. The van der Waals surface area contributed by atoms with Gasteiger partial charge in [-0.1, -0.05) is 9.67 Å². The maximum Gasteiger partial charge on any atom is 0.352 e. The number of fused-ring (bicyclic) bond motifs is 2. The zero-order valence-corrected chi connectivity index (χ0v) is 23.9. The first-order valence-electron chi connectivity index (χ1n) is 13.0. The van der Waals surface area contributed by atoms with Gasteiger partial charge in [-0.05, 0) is 30.8 Å². The van der Waals surface area contributed by atoms with E-state index in [1.54, 1.807) is 22.9 Å². The van der Waals surface area contributed by atoms with Gasteiger partial charge in [0.2, 0.25) is 11.5 Å². The number of carboxylic acid groups (broad SMARTS) is 1. The SMILES string of the molecule is COc1ccc2n(n1)c(N)c[n+]2CC1=C(C(=O)O)N2C(=O)[C@@H](NC(=O)/C(=N\OC3CCCC3)c3nsc(N)n3)[C@H]2SC1. The molecule has 0 aromatic carbocycles. The third-order valence-electron chi connectivity index (χ3n) is 7.19. The third-order valence-corrected chi connectivity index (χ3v) is 9.07. The number of anilines is 2. The normalized spacial score (nSPS) is 20.9. The number of imidazole rings is 1. The van der Waals surface area contributed by atoms with Crippen LogP contribution < -0.4 is 26.1 Å². The molecule has 42 heavy (non-hydrogen) atoms. The fourth-order valence-corrected chi connectivity index (χ4v) is 6.95. The molecule has 1 saturated carbocycles. The van der Waals surface area contributed by atoms with E-state index in [-0.39, 0.29) is 35.0 Å². The fraction of sp³-hybridized carbons (Fsp3) is 0.417. The summed E-state index contributed by atoms with van der Waals surface area (Å²) in [5.74, 6) is -1.54. The summed E-state index contributed by atoms with van der Waals surface area (Å²) >= 11 is 2.24. The van der Waals surface area contributed by atoms with Crippen LogP contribution in [0.2, 0.25) is 0 Å². The molecule has 18 heteroatoms. The first-order valence-corrected chi connectivity index (χ1v) is 14.8. The molecule has 1 saturated heterocycles. The number of nitrogens with one attached hydrogen (secondary N) is 1. The number of nitrogens with zero attached hydrogens (tertiary/aromatic N) is 7. The summed E-state index contributed by atoms with van der Waals surface area (Å²) in [4.78, 5) is 49.8. The molecule has 6 N–H and O–H groups in total. The second-order valence-electron chi connectivity index (χ2n) is 9.85. The maximum atomic E-state index is 13.3. The molecule has 3 aromatic rings. The number of ether oxygens (including phenoxy) is 1. The largest absolute Gasteiger partial charge is 0.479 e. The quantitative estimate of drug-likeness (QED) is 0.106. The van der Waals surface area contributed by atoms with Crippen LogP contribution in [0.1, 0.15) is 31.5 Å². The number of carboxylic acids is 1. The van der Waals surface area contributed by atoms with E-state index in [1.807, 2.05) is 0 Å². The highest BCUT2D eigenvalue weighted by Gasteiger charge is 2.54. The number of oxime groups is 1. The lowest BCUT2D eigenvalue weighted by Crippen LogP contribution is -2.71. The highest BCUT2D eigenvalue weighted by molar-refractivity contribution is 8.00. The van der Waals surface area contributed by atoms with Gasteiger partial charge >= 0.3 is 11.6 Å². The third kappa shape index (κ3) is 4.95. The van der Waals surface area contributed by atoms with Crippen LogP contribution in [-0.2, 0) is 25.8 Å². The molecular formula is C24H27N10O6S2+. The van der Waals surface area contributed by atoms with Crippen LogP contribution in [0.4, 0.5) is 10.9 Å². The van der Waals surface area contributed by atoms with Gasteiger partial charge in [-0.2, -0.15) is 9.36 Å². The van der Waals surface area contributed by atoms with Crippen LogP contribution in [0.3, 0.4) is 0 Å². The van der Waals surface area contributed by atoms with E-state index in [0.717, 1.165) is 37.2 Å². The van der Waals surface area contributed by atoms with Gasteiger partial charge in [-0.15, -0.1) is 11.8 Å². The maximum absolute atomic E-state index is 13.3. The van der Waals surface area contributed by atoms with Crippen LogP contribution in [-0.4, -0.2) is 82.9 Å². The van der Waals surface area contributed by atoms with E-state index in [1.165, 1.54) is 28.3 Å². The van der Waals surface area contributed by atoms with Crippen molar-refractivity contribution in [1.29, 1.82) is 0 Å². The molecule has 5 heterocycles. The zero-order valence-electron chi connectivity index (χ0n) is 22.3. The van der Waals surface area contributed by atoms with Crippen molar-refractivity contribution in [2.75, 3.05) is 24.3 Å². The number of carbonyl (C=O) groups excluding carboxylic acids is 2. The van der Waals surface area contributed by atoms with Crippen LogP contribution in [0.5, 0.6) is 5.88 Å². The lowest BCUT2D eigenvalue weighted by Gasteiger charge is -2.49. The Labute approximate surface area is 246 Å². The van der Waals surface area contributed by atoms with Crippen molar-refractivity contribution in [1.82, 2.24) is 29.2 Å². The van der Waals surface area contributed by atoms with Crippen molar-refractivity contribution < 1.29 is 33.6 Å². The van der Waals surface area contributed by atoms with Gasteiger partial charge in [-0.25, -0.2) is 9.36 Å². The van der Waals surface area contributed by atoms with E-state index in [4.69, 9.17) is 21.0 Å². The number of carbonyl (C=O) groups is 3. The molecule has 1 aliphatic carbocycles. The Bertz CT molecular complexity index is 1650. The number of aliphatic carboxylic acids is 1. The predicted molar refractivity (Wildman–Crippen MR) is 150 cm³/mol. The second kappa shape index (κ2) is 11.1. The molecule has 2 aliphatic heterocycles. The number of nitrogens with two attached hydrogens (primary N) is 2. The molecule has 2 amide bonds. The Kier molecular flexibility index (Phi) is 7.31. The van der Waals surface area contributed by atoms with Crippen molar-refractivity contribution in [3.63, 3.8) is 0 Å². The number of nitrogen functional groups attached to an aromatic ring is 2. The first kappa shape index (κ1) is 27.7. The summed E-state index contributed by atoms with van der Waals surface area (Å²) < 4.78 is 12.5. The van der Waals surface area contributed by atoms with E-state index in [0.29, 0.717) is 28.7 Å². The van der Waals surface area contributed by atoms with Gasteiger partial charge in [-0.3, -0.25) is 14.5 Å². The van der Waals surface area contributed by atoms with Crippen molar-refractivity contribution in [2.24, 2.45) is 5.16 Å². The van der Waals surface area contributed by atoms with Gasteiger partial charge in [0, 0.05) is 35.0 Å². The van der Waals surface area contributed by atoms with Gasteiger partial charge in [0.1, 0.15) is 29.8 Å². The van der Waals surface area contributed by atoms with Crippen molar-refractivity contribution in [3.8, 4) is 5.88 Å². The average Bonchev–Trinajstić information content (AvgIpc) is 3.72. The predicted octanol–water partition coefficient (Wildman–Crippen LogP) is -0.252. The monoisotopic (exact) mass is 615 g/mol. The zero-order chi connectivity index (χ0) is 29.5. The minimum absolute atomic E-state index is 0.00969. The molecule has 0 unspecified atom stereocenters. The summed E-state index contributed by atoms with van der Waals surface area (Å²) in [7, 11) is 1.49. The number of β-lactam (4-membered cyclic amide) rings is 1. The lowest BCUT2D eigenvalue weighted by atomic mass is 10.0. The van der Waals surface area contributed by atoms with E-state index in [9.17, 15) is 19.5 Å². The Morgan fingerprint density at radius 2 is 2.07 bits per heavy atom. The molecule has 3 aromatic heterocycles. The van der Waals surface area contributed by atoms with Crippen LogP contribution in [0.15, 0.2) is 34.8 Å². The summed E-state index contributed by atoms with van der Waals surface area (Å²) in [6.45, 7) is 0.156. The Morgan fingerprint density at radius 3 is 2.76 bits per heavy atom. The topological polar surface area (TPSA) is 217 Å². The van der Waals surface area contributed by atoms with Gasteiger partial charge in [0.05, 0.1) is 7.11 Å². The number of aromatic nitrogens is 5. The number of thioether (sulfide) groups is 1. The number of rotatable bonds is 9. The van der Waals surface area contributed by atoms with Crippen LogP contribution in [0, 0.1) is 0 Å². The average molecular weight is 616 g/mol. The number of amides is 2. The molecule has 0 spiro atoms. The minimum atomic E-state index is -1.25. The lowest BCUT2D eigenvalue weighted by molar-refractivity contribution is -0.662. The van der Waals surface area contributed by atoms with Gasteiger partial charge in [0.15, 0.2) is 11.3 Å².